The first-order chi connectivity index (χ1) is 8.06. The molecule has 0 unspecified atom stereocenters. The minimum absolute atomic E-state index is 0.932. The van der Waals surface area contributed by atoms with Crippen LogP contribution < -0.4 is 0 Å². The summed E-state index contributed by atoms with van der Waals surface area (Å²) in [4.78, 5) is 2.11. The van der Waals surface area contributed by atoms with Crippen molar-refractivity contribution in [2.24, 2.45) is 0 Å². The van der Waals surface area contributed by atoms with Gasteiger partial charge >= 0.3 is 0 Å². The second-order valence-electron chi connectivity index (χ2n) is 4.42. The molecule has 0 bridgehead atoms. The van der Waals surface area contributed by atoms with Crippen LogP contribution in [0.3, 0.4) is 0 Å². The SMILES string of the molecule is Cc1ccc(Cc2ccc(C)c(S)c2)cc1S. The summed E-state index contributed by atoms with van der Waals surface area (Å²) in [6.07, 6.45) is 0.932. The van der Waals surface area contributed by atoms with E-state index in [0.717, 1.165) is 16.2 Å². The Balaban J connectivity index is 2.25. The third-order valence-corrected chi connectivity index (χ3v) is 3.92. The van der Waals surface area contributed by atoms with Crippen LogP contribution >= 0.6 is 25.3 Å². The smallest absolute Gasteiger partial charge is 0.00720 e. The van der Waals surface area contributed by atoms with E-state index in [0.29, 0.717) is 0 Å². The summed E-state index contributed by atoms with van der Waals surface area (Å²) in [6.45, 7) is 4.15. The monoisotopic (exact) mass is 260 g/mol. The van der Waals surface area contributed by atoms with Gasteiger partial charge in [-0.05, 0) is 54.7 Å². The first-order valence-electron chi connectivity index (χ1n) is 5.63. The van der Waals surface area contributed by atoms with Crippen LogP contribution in [-0.4, -0.2) is 0 Å². The van der Waals surface area contributed by atoms with E-state index in [9.17, 15) is 0 Å². The lowest BCUT2D eigenvalue weighted by Gasteiger charge is -2.07. The zero-order valence-electron chi connectivity index (χ0n) is 10.1. The van der Waals surface area contributed by atoms with Gasteiger partial charge in [0.05, 0.1) is 0 Å². The predicted octanol–water partition coefficient (Wildman–Crippen LogP) is 4.47. The molecule has 0 nitrogen and oxygen atoms in total. The molecule has 0 aromatic heterocycles. The largest absolute Gasteiger partial charge is 0.143 e. The van der Waals surface area contributed by atoms with Crippen molar-refractivity contribution in [1.82, 2.24) is 0 Å². The molecular formula is C15H16S2. The topological polar surface area (TPSA) is 0 Å². The molecule has 2 aromatic carbocycles. The average molecular weight is 260 g/mol. The van der Waals surface area contributed by atoms with Gasteiger partial charge in [0.25, 0.3) is 0 Å². The number of hydrogen-bond donors (Lipinski definition) is 2. The van der Waals surface area contributed by atoms with Crippen LogP contribution in [0.4, 0.5) is 0 Å². The van der Waals surface area contributed by atoms with E-state index in [4.69, 9.17) is 0 Å². The highest BCUT2D eigenvalue weighted by atomic mass is 32.1. The average Bonchev–Trinajstić information content (AvgIpc) is 2.29. The molecule has 0 atom stereocenters. The molecule has 17 heavy (non-hydrogen) atoms. The van der Waals surface area contributed by atoms with Gasteiger partial charge in [0, 0.05) is 9.79 Å². The second kappa shape index (κ2) is 5.19. The van der Waals surface area contributed by atoms with E-state index in [-0.39, 0.29) is 0 Å². The van der Waals surface area contributed by atoms with Crippen molar-refractivity contribution in [2.75, 3.05) is 0 Å². The van der Waals surface area contributed by atoms with Crippen molar-refractivity contribution in [1.29, 1.82) is 0 Å². The Morgan fingerprint density at radius 2 is 1.18 bits per heavy atom. The van der Waals surface area contributed by atoms with Crippen LogP contribution in [0.15, 0.2) is 46.2 Å². The lowest BCUT2D eigenvalue weighted by Crippen LogP contribution is -1.90. The van der Waals surface area contributed by atoms with Gasteiger partial charge in [0.2, 0.25) is 0 Å². The number of benzene rings is 2. The maximum Gasteiger partial charge on any atom is 0.00720 e. The molecule has 0 aliphatic rings. The Bertz CT molecular complexity index is 495. The van der Waals surface area contributed by atoms with Crippen molar-refractivity contribution >= 4 is 25.3 Å². The van der Waals surface area contributed by atoms with Gasteiger partial charge in [-0.15, -0.1) is 25.3 Å². The van der Waals surface area contributed by atoms with Gasteiger partial charge < -0.3 is 0 Å². The summed E-state index contributed by atoms with van der Waals surface area (Å²) in [6, 6.07) is 12.8. The molecule has 0 amide bonds. The van der Waals surface area contributed by atoms with Crippen LogP contribution in [0.1, 0.15) is 22.3 Å². The minimum Gasteiger partial charge on any atom is -0.143 e. The number of thiol groups is 2. The van der Waals surface area contributed by atoms with Crippen LogP contribution in [0.25, 0.3) is 0 Å². The van der Waals surface area contributed by atoms with Crippen molar-refractivity contribution in [3.05, 3.63) is 58.7 Å². The van der Waals surface area contributed by atoms with Crippen molar-refractivity contribution in [3.63, 3.8) is 0 Å². The molecule has 2 aromatic rings. The highest BCUT2D eigenvalue weighted by Gasteiger charge is 2.01. The molecule has 0 N–H and O–H groups in total. The van der Waals surface area contributed by atoms with Crippen LogP contribution in [0.5, 0.6) is 0 Å². The predicted molar refractivity (Wildman–Crippen MR) is 79.7 cm³/mol. The van der Waals surface area contributed by atoms with Crippen molar-refractivity contribution in [2.45, 2.75) is 30.1 Å². The summed E-state index contributed by atoms with van der Waals surface area (Å²) in [5, 5.41) is 0. The maximum absolute atomic E-state index is 4.46. The first-order valence-corrected chi connectivity index (χ1v) is 6.52. The lowest BCUT2D eigenvalue weighted by atomic mass is 10.0. The molecule has 2 heteroatoms. The maximum atomic E-state index is 4.46. The zero-order chi connectivity index (χ0) is 12.4. The van der Waals surface area contributed by atoms with E-state index >= 15 is 0 Å². The van der Waals surface area contributed by atoms with E-state index in [2.05, 4.69) is 75.5 Å². The normalized spacial score (nSPS) is 10.6. The van der Waals surface area contributed by atoms with Gasteiger partial charge in [0.15, 0.2) is 0 Å². The number of rotatable bonds is 2. The molecule has 0 heterocycles. The lowest BCUT2D eigenvalue weighted by molar-refractivity contribution is 1.13. The van der Waals surface area contributed by atoms with Crippen molar-refractivity contribution in [3.8, 4) is 0 Å². The van der Waals surface area contributed by atoms with Crippen LogP contribution in [-0.2, 0) is 6.42 Å². The quantitative estimate of drug-likeness (QED) is 0.731. The summed E-state index contributed by atoms with van der Waals surface area (Å²) in [5.41, 5.74) is 5.01. The zero-order valence-corrected chi connectivity index (χ0v) is 11.9. The fraction of sp³-hybridized carbons (Fsp3) is 0.200. The third kappa shape index (κ3) is 3.08. The third-order valence-electron chi connectivity index (χ3n) is 2.96. The molecular weight excluding hydrogens is 244 g/mol. The van der Waals surface area contributed by atoms with Gasteiger partial charge in [-0.3, -0.25) is 0 Å². The number of hydrogen-bond acceptors (Lipinski definition) is 2. The van der Waals surface area contributed by atoms with Gasteiger partial charge in [-0.1, -0.05) is 24.3 Å². The van der Waals surface area contributed by atoms with Gasteiger partial charge in [-0.25, -0.2) is 0 Å². The molecule has 0 aliphatic heterocycles. The van der Waals surface area contributed by atoms with Crippen LogP contribution in [0, 0.1) is 13.8 Å². The summed E-state index contributed by atoms with van der Waals surface area (Å²) >= 11 is 8.91. The second-order valence-corrected chi connectivity index (χ2v) is 5.38. The highest BCUT2D eigenvalue weighted by Crippen LogP contribution is 2.20. The van der Waals surface area contributed by atoms with E-state index in [1.807, 2.05) is 0 Å². The van der Waals surface area contributed by atoms with Crippen LogP contribution in [0.2, 0.25) is 0 Å². The molecule has 88 valence electrons. The molecule has 0 aliphatic carbocycles. The molecule has 2 rings (SSSR count). The van der Waals surface area contributed by atoms with Gasteiger partial charge in [-0.2, -0.15) is 0 Å². The molecule has 0 spiro atoms. The van der Waals surface area contributed by atoms with Crippen molar-refractivity contribution < 1.29 is 0 Å². The Morgan fingerprint density at radius 1 is 0.765 bits per heavy atom. The minimum atomic E-state index is 0.932. The Kier molecular flexibility index (Phi) is 3.85. The molecule has 0 saturated carbocycles. The van der Waals surface area contributed by atoms with Gasteiger partial charge in [0.1, 0.15) is 0 Å². The molecule has 0 fully saturated rings. The summed E-state index contributed by atoms with van der Waals surface area (Å²) in [5.74, 6) is 0. The molecule has 0 radical (unpaired) electrons. The van der Waals surface area contributed by atoms with E-state index in [1.165, 1.54) is 22.3 Å². The number of aryl methyl sites for hydroxylation is 2. The van der Waals surface area contributed by atoms with E-state index < -0.39 is 0 Å². The first kappa shape index (κ1) is 12.6. The fourth-order valence-corrected chi connectivity index (χ4v) is 2.25. The molecule has 0 saturated heterocycles. The van der Waals surface area contributed by atoms with E-state index in [1.54, 1.807) is 0 Å². The summed E-state index contributed by atoms with van der Waals surface area (Å²) < 4.78 is 0. The highest BCUT2D eigenvalue weighted by molar-refractivity contribution is 7.80. The Hall–Kier alpha value is -0.860. The Labute approximate surface area is 114 Å². The summed E-state index contributed by atoms with van der Waals surface area (Å²) in [7, 11) is 0. The standard InChI is InChI=1S/C15H16S2/c1-10-3-5-12(8-14(10)16)7-13-6-4-11(2)15(17)9-13/h3-6,8-9,16-17H,7H2,1-2H3. The fourth-order valence-electron chi connectivity index (χ4n) is 1.77. The Morgan fingerprint density at radius 3 is 1.53 bits per heavy atom.